The van der Waals surface area contributed by atoms with Gasteiger partial charge < -0.3 is 0 Å². The number of carbonyl (C=O) groups is 1. The van der Waals surface area contributed by atoms with E-state index < -0.39 is 5.54 Å². The summed E-state index contributed by atoms with van der Waals surface area (Å²) in [6.07, 6.45) is 0.898. The molecule has 0 aromatic heterocycles. The lowest BCUT2D eigenvalue weighted by Gasteiger charge is -2.33. The third kappa shape index (κ3) is 2.32. The minimum absolute atomic E-state index is 0.00618. The molecule has 4 heteroatoms. The number of nitrogens with zero attached hydrogens (tertiary/aromatic N) is 2. The zero-order valence-electron chi connectivity index (χ0n) is 12.2. The Labute approximate surface area is 138 Å². The molecular weight excluding hydrogens is 340 g/mol. The second-order valence-electron chi connectivity index (χ2n) is 5.54. The number of carbonyl (C=O) groups excluding carboxylic acids is 1. The highest BCUT2D eigenvalue weighted by Crippen LogP contribution is 2.42. The van der Waals surface area contributed by atoms with E-state index in [2.05, 4.69) is 22.0 Å². The van der Waals surface area contributed by atoms with Crippen molar-refractivity contribution in [3.8, 4) is 6.07 Å². The molecule has 22 heavy (non-hydrogen) atoms. The van der Waals surface area contributed by atoms with E-state index in [1.54, 1.807) is 4.90 Å². The summed E-state index contributed by atoms with van der Waals surface area (Å²) >= 11 is 3.41. The molecule has 0 N–H and O–H groups in total. The molecule has 0 spiro atoms. The van der Waals surface area contributed by atoms with Gasteiger partial charge in [0.15, 0.2) is 5.54 Å². The summed E-state index contributed by atoms with van der Waals surface area (Å²) in [7, 11) is 0. The van der Waals surface area contributed by atoms with Gasteiger partial charge in [-0.3, -0.25) is 9.69 Å². The molecule has 1 amide bonds. The van der Waals surface area contributed by atoms with Gasteiger partial charge in [0.2, 0.25) is 5.91 Å². The lowest BCUT2D eigenvalue weighted by Crippen LogP contribution is -2.42. The zero-order valence-corrected chi connectivity index (χ0v) is 13.8. The highest BCUT2D eigenvalue weighted by atomic mass is 79.9. The van der Waals surface area contributed by atoms with Crippen molar-refractivity contribution in [3.05, 3.63) is 64.1 Å². The maximum absolute atomic E-state index is 12.4. The van der Waals surface area contributed by atoms with Crippen LogP contribution in [0.5, 0.6) is 0 Å². The molecule has 0 aliphatic carbocycles. The summed E-state index contributed by atoms with van der Waals surface area (Å²) in [6, 6.07) is 17.8. The molecule has 110 valence electrons. The predicted octanol–water partition coefficient (Wildman–Crippen LogP) is 4.30. The minimum atomic E-state index is -0.924. The Hall–Kier alpha value is -2.12. The van der Waals surface area contributed by atoms with Gasteiger partial charge in [-0.25, -0.2) is 0 Å². The Kier molecular flexibility index (Phi) is 3.76. The average Bonchev–Trinajstić information content (AvgIpc) is 2.87. The van der Waals surface area contributed by atoms with Crippen LogP contribution in [0, 0.1) is 18.3 Å². The van der Waals surface area contributed by atoms with Crippen LogP contribution in [0.15, 0.2) is 53.0 Å². The van der Waals surface area contributed by atoms with E-state index >= 15 is 0 Å². The molecule has 0 radical (unpaired) electrons. The fourth-order valence-corrected chi connectivity index (χ4v) is 3.22. The Morgan fingerprint density at radius 1 is 1.14 bits per heavy atom. The summed E-state index contributed by atoms with van der Waals surface area (Å²) < 4.78 is 0.954. The van der Waals surface area contributed by atoms with E-state index in [4.69, 9.17) is 0 Å². The lowest BCUT2D eigenvalue weighted by molar-refractivity contribution is -0.117. The number of hydrogen-bond donors (Lipinski definition) is 0. The topological polar surface area (TPSA) is 44.1 Å². The molecule has 1 aliphatic rings. The molecule has 3 nitrogen and oxygen atoms in total. The average molecular weight is 355 g/mol. The molecule has 1 atom stereocenters. The first-order valence-corrected chi connectivity index (χ1v) is 7.93. The summed E-state index contributed by atoms with van der Waals surface area (Å²) in [4.78, 5) is 14.1. The Morgan fingerprint density at radius 3 is 2.36 bits per heavy atom. The number of nitriles is 1. The quantitative estimate of drug-likeness (QED) is 0.806. The number of hydrogen-bond acceptors (Lipinski definition) is 2. The van der Waals surface area contributed by atoms with Gasteiger partial charge in [-0.2, -0.15) is 5.26 Å². The van der Waals surface area contributed by atoms with Gasteiger partial charge in [0.25, 0.3) is 0 Å². The normalized spacial score (nSPS) is 21.0. The Morgan fingerprint density at radius 2 is 1.77 bits per heavy atom. The third-order valence-electron chi connectivity index (χ3n) is 4.13. The molecule has 1 fully saturated rings. The van der Waals surface area contributed by atoms with Crippen LogP contribution in [-0.2, 0) is 10.3 Å². The molecule has 0 unspecified atom stereocenters. The predicted molar refractivity (Wildman–Crippen MR) is 89.3 cm³/mol. The van der Waals surface area contributed by atoms with E-state index in [0.29, 0.717) is 12.8 Å². The summed E-state index contributed by atoms with van der Waals surface area (Å²) in [5.41, 5.74) is 1.83. The van der Waals surface area contributed by atoms with Crippen molar-refractivity contribution >= 4 is 27.5 Å². The molecule has 1 saturated heterocycles. The van der Waals surface area contributed by atoms with Gasteiger partial charge in [0.1, 0.15) is 0 Å². The van der Waals surface area contributed by atoms with Crippen molar-refractivity contribution in [1.29, 1.82) is 5.26 Å². The minimum Gasteiger partial charge on any atom is -0.289 e. The first-order chi connectivity index (χ1) is 10.6. The molecule has 0 bridgehead atoms. The van der Waals surface area contributed by atoms with Gasteiger partial charge in [0, 0.05) is 16.6 Å². The highest BCUT2D eigenvalue weighted by molar-refractivity contribution is 9.10. The number of amides is 1. The van der Waals surface area contributed by atoms with Crippen LogP contribution in [0.1, 0.15) is 24.0 Å². The lowest BCUT2D eigenvalue weighted by atomic mass is 9.88. The van der Waals surface area contributed by atoms with Gasteiger partial charge >= 0.3 is 0 Å². The molecule has 2 aromatic rings. The second-order valence-corrected chi connectivity index (χ2v) is 6.46. The second kappa shape index (κ2) is 5.58. The van der Waals surface area contributed by atoms with Crippen molar-refractivity contribution in [3.63, 3.8) is 0 Å². The molecule has 0 saturated carbocycles. The van der Waals surface area contributed by atoms with E-state index in [9.17, 15) is 10.1 Å². The van der Waals surface area contributed by atoms with Gasteiger partial charge in [-0.1, -0.05) is 45.8 Å². The third-order valence-corrected chi connectivity index (χ3v) is 4.66. The van der Waals surface area contributed by atoms with Crippen molar-refractivity contribution in [2.75, 3.05) is 4.90 Å². The van der Waals surface area contributed by atoms with Crippen molar-refractivity contribution in [2.24, 2.45) is 0 Å². The van der Waals surface area contributed by atoms with Crippen LogP contribution in [0.4, 0.5) is 5.69 Å². The largest absolute Gasteiger partial charge is 0.289 e. The maximum Gasteiger partial charge on any atom is 0.228 e. The van der Waals surface area contributed by atoms with E-state index in [-0.39, 0.29) is 5.91 Å². The van der Waals surface area contributed by atoms with Crippen molar-refractivity contribution in [2.45, 2.75) is 25.3 Å². The van der Waals surface area contributed by atoms with Crippen LogP contribution < -0.4 is 4.90 Å². The van der Waals surface area contributed by atoms with Crippen molar-refractivity contribution in [1.82, 2.24) is 0 Å². The number of benzene rings is 2. The smallest absolute Gasteiger partial charge is 0.228 e. The molecule has 2 aromatic carbocycles. The first kappa shape index (κ1) is 14.8. The van der Waals surface area contributed by atoms with Crippen LogP contribution >= 0.6 is 15.9 Å². The van der Waals surface area contributed by atoms with Crippen LogP contribution in [0.25, 0.3) is 0 Å². The summed E-state index contributed by atoms with van der Waals surface area (Å²) in [5.74, 6) is -0.00618. The number of aryl methyl sites for hydroxylation is 1. The molecule has 1 aliphatic heterocycles. The zero-order chi connectivity index (χ0) is 15.7. The van der Waals surface area contributed by atoms with Gasteiger partial charge in [0.05, 0.1) is 6.07 Å². The van der Waals surface area contributed by atoms with E-state index in [1.807, 2.05) is 55.5 Å². The van der Waals surface area contributed by atoms with Crippen LogP contribution in [0.2, 0.25) is 0 Å². The number of anilines is 1. The standard InChI is InChI=1S/C18H15BrN2O/c1-13-2-8-16(9-3-13)21-17(22)10-11-18(21,12-20)14-4-6-15(19)7-5-14/h2-9H,10-11H2,1H3/t18-/m1/s1. The number of halogens is 1. The Balaban J connectivity index is 2.13. The number of rotatable bonds is 2. The van der Waals surface area contributed by atoms with Crippen molar-refractivity contribution < 1.29 is 4.79 Å². The molecule has 3 rings (SSSR count). The summed E-state index contributed by atoms with van der Waals surface area (Å²) in [5, 5.41) is 9.89. The molecule has 1 heterocycles. The Bertz CT molecular complexity index is 746. The fraction of sp³-hybridized carbons (Fsp3) is 0.222. The summed E-state index contributed by atoms with van der Waals surface area (Å²) in [6.45, 7) is 2.00. The monoisotopic (exact) mass is 354 g/mol. The highest BCUT2D eigenvalue weighted by Gasteiger charge is 2.48. The van der Waals surface area contributed by atoms with Gasteiger partial charge in [-0.15, -0.1) is 0 Å². The van der Waals surface area contributed by atoms with Crippen LogP contribution in [-0.4, -0.2) is 5.91 Å². The first-order valence-electron chi connectivity index (χ1n) is 7.14. The van der Waals surface area contributed by atoms with E-state index in [1.165, 1.54) is 0 Å². The maximum atomic E-state index is 12.4. The van der Waals surface area contributed by atoms with Gasteiger partial charge in [-0.05, 0) is 43.2 Å². The van der Waals surface area contributed by atoms with Crippen LogP contribution in [0.3, 0.4) is 0 Å². The molecular formula is C18H15BrN2O. The fourth-order valence-electron chi connectivity index (χ4n) is 2.95. The SMILES string of the molecule is Cc1ccc(N2C(=O)CC[C@@]2(C#N)c2ccc(Br)cc2)cc1. The van der Waals surface area contributed by atoms with E-state index in [0.717, 1.165) is 21.3 Å².